The summed E-state index contributed by atoms with van der Waals surface area (Å²) >= 11 is 0. The van der Waals surface area contributed by atoms with Crippen molar-refractivity contribution in [2.24, 2.45) is 0 Å². The molecule has 26 heavy (non-hydrogen) atoms. The maximum Gasteiger partial charge on any atom is 0.251 e. The van der Waals surface area contributed by atoms with E-state index in [-0.39, 0.29) is 12.5 Å². The number of carbonyl (C=O) groups excluding carboxylic acids is 1. The molecule has 0 fully saturated rings. The van der Waals surface area contributed by atoms with Gasteiger partial charge in [0.1, 0.15) is 19.0 Å². The summed E-state index contributed by atoms with van der Waals surface area (Å²) in [4.78, 5) is 14.3. The molecule has 0 saturated carbocycles. The van der Waals surface area contributed by atoms with Crippen LogP contribution in [-0.4, -0.2) is 32.8 Å². The number of terminal acetylenes is 1. The molecule has 5 heteroatoms. The van der Waals surface area contributed by atoms with Crippen molar-refractivity contribution in [1.29, 1.82) is 0 Å². The van der Waals surface area contributed by atoms with Gasteiger partial charge in [-0.1, -0.05) is 24.1 Å². The Hall–Kier alpha value is -3.39. The molecule has 0 N–H and O–H groups in total. The molecule has 1 heterocycles. The van der Waals surface area contributed by atoms with Gasteiger partial charge in [-0.3, -0.25) is 4.79 Å². The summed E-state index contributed by atoms with van der Waals surface area (Å²) < 4.78 is 16.3. The monoisotopic (exact) mass is 349 g/mol. The van der Waals surface area contributed by atoms with Gasteiger partial charge in [-0.15, -0.1) is 6.42 Å². The van der Waals surface area contributed by atoms with Crippen molar-refractivity contribution in [1.82, 2.24) is 0 Å². The van der Waals surface area contributed by atoms with Crippen molar-refractivity contribution in [3.8, 4) is 29.6 Å². The third kappa shape index (κ3) is 3.81. The van der Waals surface area contributed by atoms with Crippen LogP contribution in [0.15, 0.2) is 48.5 Å². The van der Waals surface area contributed by atoms with Crippen LogP contribution in [0.4, 0.5) is 5.69 Å². The number of amides is 1. The predicted octanol–water partition coefficient (Wildman–Crippen LogP) is 3.15. The highest BCUT2D eigenvalue weighted by atomic mass is 16.5. The van der Waals surface area contributed by atoms with Crippen LogP contribution in [0, 0.1) is 12.3 Å². The van der Waals surface area contributed by atoms with Crippen LogP contribution in [0.5, 0.6) is 17.2 Å². The van der Waals surface area contributed by atoms with E-state index in [0.29, 0.717) is 24.7 Å². The summed E-state index contributed by atoms with van der Waals surface area (Å²) in [5.74, 6) is 4.16. The van der Waals surface area contributed by atoms with Crippen LogP contribution < -0.4 is 19.1 Å². The Bertz CT molecular complexity index is 867. The summed E-state index contributed by atoms with van der Waals surface area (Å²) in [5.41, 5.74) is 1.61. The number of fused-ring (bicyclic) bond motifs is 1. The number of hydrogen-bond donors (Lipinski definition) is 0. The number of carbonyl (C=O) groups is 1. The fourth-order valence-corrected chi connectivity index (χ4v) is 2.68. The zero-order valence-corrected chi connectivity index (χ0v) is 14.5. The SMILES string of the molecule is C#CCOc1ccc(/C=C/C(=O)N2CCOc3ccccc32)cc1OC. The molecule has 0 aliphatic carbocycles. The molecule has 5 nitrogen and oxygen atoms in total. The zero-order chi connectivity index (χ0) is 18.4. The van der Waals surface area contributed by atoms with Gasteiger partial charge in [0.05, 0.1) is 19.3 Å². The molecule has 2 aromatic rings. The highest BCUT2D eigenvalue weighted by Gasteiger charge is 2.21. The van der Waals surface area contributed by atoms with E-state index in [1.54, 1.807) is 36.3 Å². The van der Waals surface area contributed by atoms with Crippen LogP contribution in [-0.2, 0) is 4.79 Å². The number of benzene rings is 2. The van der Waals surface area contributed by atoms with E-state index in [2.05, 4.69) is 5.92 Å². The molecule has 1 amide bonds. The van der Waals surface area contributed by atoms with Gasteiger partial charge in [0.15, 0.2) is 11.5 Å². The molecule has 0 atom stereocenters. The van der Waals surface area contributed by atoms with E-state index < -0.39 is 0 Å². The van der Waals surface area contributed by atoms with Crippen LogP contribution in [0.25, 0.3) is 6.08 Å². The van der Waals surface area contributed by atoms with E-state index in [1.807, 2.05) is 30.3 Å². The number of hydrogen-bond acceptors (Lipinski definition) is 4. The summed E-state index contributed by atoms with van der Waals surface area (Å²) in [7, 11) is 1.56. The Morgan fingerprint density at radius 1 is 1.31 bits per heavy atom. The Morgan fingerprint density at radius 3 is 2.96 bits per heavy atom. The predicted molar refractivity (Wildman–Crippen MR) is 101 cm³/mol. The number of methoxy groups -OCH3 is 1. The van der Waals surface area contributed by atoms with E-state index in [4.69, 9.17) is 20.6 Å². The maximum absolute atomic E-state index is 12.6. The molecule has 0 spiro atoms. The van der Waals surface area contributed by atoms with Crippen molar-refractivity contribution >= 4 is 17.7 Å². The molecule has 1 aliphatic heterocycles. The molecule has 0 saturated heterocycles. The number of nitrogens with zero attached hydrogens (tertiary/aromatic N) is 1. The first-order valence-electron chi connectivity index (χ1n) is 8.18. The van der Waals surface area contributed by atoms with Gasteiger partial charge in [0.2, 0.25) is 0 Å². The first kappa shape index (κ1) is 17.4. The second-order valence-electron chi connectivity index (χ2n) is 5.54. The third-order valence-electron chi connectivity index (χ3n) is 3.91. The lowest BCUT2D eigenvalue weighted by Crippen LogP contribution is -2.36. The quantitative estimate of drug-likeness (QED) is 0.615. The Morgan fingerprint density at radius 2 is 2.15 bits per heavy atom. The average molecular weight is 349 g/mol. The molecule has 0 aromatic heterocycles. The second-order valence-corrected chi connectivity index (χ2v) is 5.54. The molecule has 0 radical (unpaired) electrons. The zero-order valence-electron chi connectivity index (χ0n) is 14.5. The minimum Gasteiger partial charge on any atom is -0.493 e. The van der Waals surface area contributed by atoms with Crippen LogP contribution in [0.3, 0.4) is 0 Å². The summed E-state index contributed by atoms with van der Waals surface area (Å²) in [5, 5.41) is 0. The smallest absolute Gasteiger partial charge is 0.251 e. The first-order chi connectivity index (χ1) is 12.7. The molecular formula is C21H19NO4. The summed E-state index contributed by atoms with van der Waals surface area (Å²) in [6.45, 7) is 1.16. The van der Waals surface area contributed by atoms with Crippen molar-refractivity contribution in [2.45, 2.75) is 0 Å². The number of para-hydroxylation sites is 2. The molecule has 132 valence electrons. The lowest BCUT2D eigenvalue weighted by Gasteiger charge is -2.28. The van der Waals surface area contributed by atoms with Gasteiger partial charge in [0.25, 0.3) is 5.91 Å². The van der Waals surface area contributed by atoms with Gasteiger partial charge in [-0.25, -0.2) is 0 Å². The topological polar surface area (TPSA) is 48.0 Å². The first-order valence-corrected chi connectivity index (χ1v) is 8.18. The molecule has 0 unspecified atom stereocenters. The largest absolute Gasteiger partial charge is 0.493 e. The summed E-state index contributed by atoms with van der Waals surface area (Å²) in [6, 6.07) is 12.9. The second kappa shape index (κ2) is 8.13. The minimum atomic E-state index is -0.104. The highest BCUT2D eigenvalue weighted by Crippen LogP contribution is 2.31. The Kier molecular flexibility index (Phi) is 5.45. The standard InChI is InChI=1S/C21H19NO4/c1-3-13-25-19-10-8-16(15-20(19)24-2)9-11-21(23)22-12-14-26-18-7-5-4-6-17(18)22/h1,4-11,15H,12-14H2,2H3/b11-9+. The van der Waals surface area contributed by atoms with Crippen LogP contribution in [0.2, 0.25) is 0 Å². The van der Waals surface area contributed by atoms with E-state index in [9.17, 15) is 4.79 Å². The number of ether oxygens (including phenoxy) is 3. The number of anilines is 1. The average Bonchev–Trinajstić information content (AvgIpc) is 2.70. The summed E-state index contributed by atoms with van der Waals surface area (Å²) in [6.07, 6.45) is 8.49. The minimum absolute atomic E-state index is 0.104. The lowest BCUT2D eigenvalue weighted by atomic mass is 10.1. The van der Waals surface area contributed by atoms with Gasteiger partial charge in [-0.2, -0.15) is 0 Å². The molecule has 3 rings (SSSR count). The Labute approximate surface area is 152 Å². The van der Waals surface area contributed by atoms with Gasteiger partial charge in [-0.05, 0) is 35.9 Å². The van der Waals surface area contributed by atoms with E-state index in [1.165, 1.54) is 0 Å². The van der Waals surface area contributed by atoms with Crippen LogP contribution in [0.1, 0.15) is 5.56 Å². The fourth-order valence-electron chi connectivity index (χ4n) is 2.68. The van der Waals surface area contributed by atoms with E-state index >= 15 is 0 Å². The lowest BCUT2D eigenvalue weighted by molar-refractivity contribution is -0.114. The number of rotatable bonds is 5. The third-order valence-corrected chi connectivity index (χ3v) is 3.91. The van der Waals surface area contributed by atoms with Crippen molar-refractivity contribution < 1.29 is 19.0 Å². The van der Waals surface area contributed by atoms with Gasteiger partial charge >= 0.3 is 0 Å². The highest BCUT2D eigenvalue weighted by molar-refractivity contribution is 6.05. The van der Waals surface area contributed by atoms with Crippen LogP contribution >= 0.6 is 0 Å². The molecular weight excluding hydrogens is 330 g/mol. The van der Waals surface area contributed by atoms with Crippen molar-refractivity contribution in [3.63, 3.8) is 0 Å². The van der Waals surface area contributed by atoms with Crippen molar-refractivity contribution in [2.75, 3.05) is 31.8 Å². The Balaban J connectivity index is 1.76. The van der Waals surface area contributed by atoms with Gasteiger partial charge in [0, 0.05) is 6.08 Å². The molecule has 1 aliphatic rings. The maximum atomic E-state index is 12.6. The van der Waals surface area contributed by atoms with Crippen molar-refractivity contribution in [3.05, 3.63) is 54.1 Å². The molecule has 0 bridgehead atoms. The molecule has 2 aromatic carbocycles. The van der Waals surface area contributed by atoms with Gasteiger partial charge < -0.3 is 19.1 Å². The fraction of sp³-hybridized carbons (Fsp3) is 0.190. The van der Waals surface area contributed by atoms with E-state index in [0.717, 1.165) is 17.0 Å². The normalized spacial score (nSPS) is 12.8.